The first-order valence-corrected chi connectivity index (χ1v) is 10.4. The van der Waals surface area contributed by atoms with Crippen LogP contribution in [0.3, 0.4) is 0 Å². The monoisotopic (exact) mass is 378 g/mol. The third-order valence-electron chi connectivity index (χ3n) is 6.77. The smallest absolute Gasteiger partial charge is 0.314 e. The maximum absolute atomic E-state index is 13.3. The van der Waals surface area contributed by atoms with Crippen LogP contribution in [0.25, 0.3) is 0 Å². The lowest BCUT2D eigenvalue weighted by Crippen LogP contribution is -2.30. The molecule has 1 aliphatic heterocycles. The topological polar surface area (TPSA) is 38.8 Å². The van der Waals surface area contributed by atoms with E-state index in [9.17, 15) is 13.6 Å². The molecule has 3 nitrogen and oxygen atoms in total. The molecule has 1 aromatic rings. The van der Waals surface area contributed by atoms with Gasteiger partial charge in [0.2, 0.25) is 0 Å². The van der Waals surface area contributed by atoms with E-state index >= 15 is 0 Å². The molecule has 1 saturated heterocycles. The van der Waals surface area contributed by atoms with Gasteiger partial charge in [-0.3, -0.25) is 4.79 Å². The number of epoxide rings is 1. The van der Waals surface area contributed by atoms with Crippen molar-refractivity contribution in [1.29, 1.82) is 0 Å². The Morgan fingerprint density at radius 1 is 0.963 bits per heavy atom. The molecule has 3 fully saturated rings. The van der Waals surface area contributed by atoms with Crippen LogP contribution in [0.4, 0.5) is 8.78 Å². The van der Waals surface area contributed by atoms with Crippen LogP contribution in [-0.4, -0.2) is 18.7 Å². The van der Waals surface area contributed by atoms with Crippen molar-refractivity contribution >= 4 is 5.97 Å². The first-order chi connectivity index (χ1) is 13.1. The molecule has 2 saturated carbocycles. The van der Waals surface area contributed by atoms with Crippen molar-refractivity contribution in [2.75, 3.05) is 6.61 Å². The second-order valence-electron chi connectivity index (χ2n) is 8.58. The quantitative estimate of drug-likeness (QED) is 0.398. The van der Waals surface area contributed by atoms with E-state index in [1.54, 1.807) is 0 Å². The Bertz CT molecular complexity index is 658. The van der Waals surface area contributed by atoms with E-state index in [4.69, 9.17) is 9.47 Å². The molecule has 4 rings (SSSR count). The number of benzene rings is 1. The molecule has 0 amide bonds. The van der Waals surface area contributed by atoms with Crippen LogP contribution in [0.2, 0.25) is 0 Å². The number of hydrogen-bond donors (Lipinski definition) is 0. The summed E-state index contributed by atoms with van der Waals surface area (Å²) in [4.78, 5) is 12.3. The van der Waals surface area contributed by atoms with Gasteiger partial charge in [0.05, 0.1) is 18.6 Å². The number of hydrogen-bond acceptors (Lipinski definition) is 3. The Kier molecular flexibility index (Phi) is 5.76. The van der Waals surface area contributed by atoms with Crippen molar-refractivity contribution < 1.29 is 23.0 Å². The van der Waals surface area contributed by atoms with Crippen molar-refractivity contribution in [3.05, 3.63) is 29.8 Å². The fourth-order valence-electron chi connectivity index (χ4n) is 5.04. The molecule has 1 aromatic carbocycles. The Balaban J connectivity index is 1.21. The van der Waals surface area contributed by atoms with E-state index in [2.05, 4.69) is 0 Å². The Labute approximate surface area is 159 Å². The lowest BCUT2D eigenvalue weighted by molar-refractivity contribution is -0.140. The standard InChI is InChI=1S/C22H28F2O3/c23-20-10-9-18(12-21(20)24)27-22(25)17-7-5-16(6-8-17)15-3-1-14(2-4-15)11-19-13-26-19/h9-10,12,14-17,19H,1-8,11,13H2. The predicted molar refractivity (Wildman–Crippen MR) is 97.2 cm³/mol. The number of carbonyl (C=O) groups is 1. The van der Waals surface area contributed by atoms with Crippen LogP contribution in [-0.2, 0) is 9.53 Å². The van der Waals surface area contributed by atoms with Gasteiger partial charge in [0.1, 0.15) is 5.75 Å². The van der Waals surface area contributed by atoms with E-state index in [0.29, 0.717) is 6.10 Å². The van der Waals surface area contributed by atoms with Crippen LogP contribution in [0, 0.1) is 35.3 Å². The summed E-state index contributed by atoms with van der Waals surface area (Å²) in [7, 11) is 0. The van der Waals surface area contributed by atoms with Crippen molar-refractivity contribution in [1.82, 2.24) is 0 Å². The molecule has 3 aliphatic rings. The minimum atomic E-state index is -0.993. The average molecular weight is 378 g/mol. The second kappa shape index (κ2) is 8.26. The third kappa shape index (κ3) is 4.87. The maximum atomic E-state index is 13.3. The lowest BCUT2D eigenvalue weighted by atomic mass is 9.68. The summed E-state index contributed by atoms with van der Waals surface area (Å²) in [5.74, 6) is 0.0722. The summed E-state index contributed by atoms with van der Waals surface area (Å²) >= 11 is 0. The van der Waals surface area contributed by atoms with Crippen LogP contribution in [0.15, 0.2) is 18.2 Å². The molecule has 1 atom stereocenters. The van der Waals surface area contributed by atoms with Crippen LogP contribution in [0.1, 0.15) is 57.8 Å². The molecule has 148 valence electrons. The Hall–Kier alpha value is -1.49. The highest BCUT2D eigenvalue weighted by Gasteiger charge is 2.35. The Morgan fingerprint density at radius 3 is 2.19 bits per heavy atom. The Morgan fingerprint density at radius 2 is 1.59 bits per heavy atom. The highest BCUT2D eigenvalue weighted by atomic mass is 19.2. The van der Waals surface area contributed by atoms with Crippen molar-refractivity contribution in [3.8, 4) is 5.75 Å². The molecule has 0 aromatic heterocycles. The zero-order chi connectivity index (χ0) is 18.8. The van der Waals surface area contributed by atoms with Gasteiger partial charge in [0.15, 0.2) is 11.6 Å². The molecule has 27 heavy (non-hydrogen) atoms. The zero-order valence-corrected chi connectivity index (χ0v) is 15.7. The summed E-state index contributed by atoms with van der Waals surface area (Å²) in [5, 5.41) is 0. The maximum Gasteiger partial charge on any atom is 0.314 e. The van der Waals surface area contributed by atoms with Gasteiger partial charge in [0, 0.05) is 6.07 Å². The van der Waals surface area contributed by atoms with Crippen LogP contribution >= 0.6 is 0 Å². The minimum Gasteiger partial charge on any atom is -0.426 e. The van der Waals surface area contributed by atoms with Gasteiger partial charge < -0.3 is 9.47 Å². The molecular formula is C22H28F2O3. The summed E-state index contributed by atoms with van der Waals surface area (Å²) < 4.78 is 36.9. The van der Waals surface area contributed by atoms with Crippen LogP contribution in [0.5, 0.6) is 5.75 Å². The molecule has 0 radical (unpaired) electrons. The fraction of sp³-hybridized carbons (Fsp3) is 0.682. The van der Waals surface area contributed by atoms with Gasteiger partial charge >= 0.3 is 5.97 Å². The normalized spacial score (nSPS) is 33.5. The summed E-state index contributed by atoms with van der Waals surface area (Å²) in [6, 6.07) is 3.22. The van der Waals surface area contributed by atoms with Gasteiger partial charge in [-0.2, -0.15) is 0 Å². The number of rotatable bonds is 5. The molecule has 0 spiro atoms. The lowest BCUT2D eigenvalue weighted by Gasteiger charge is -2.37. The minimum absolute atomic E-state index is 0.0824. The van der Waals surface area contributed by atoms with E-state index in [-0.39, 0.29) is 17.6 Å². The SMILES string of the molecule is O=C(Oc1ccc(F)c(F)c1)C1CCC(C2CCC(CC3CO3)CC2)CC1. The first kappa shape index (κ1) is 18.9. The highest BCUT2D eigenvalue weighted by molar-refractivity contribution is 5.75. The first-order valence-electron chi connectivity index (χ1n) is 10.4. The molecule has 1 heterocycles. The van der Waals surface area contributed by atoms with Gasteiger partial charge in [-0.25, -0.2) is 8.78 Å². The van der Waals surface area contributed by atoms with Crippen molar-refractivity contribution in [3.63, 3.8) is 0 Å². The summed E-state index contributed by atoms with van der Waals surface area (Å²) in [6.45, 7) is 0.963. The molecule has 5 heteroatoms. The molecule has 2 aliphatic carbocycles. The number of esters is 1. The van der Waals surface area contributed by atoms with Crippen LogP contribution < -0.4 is 4.74 Å². The molecule has 0 bridgehead atoms. The molecular weight excluding hydrogens is 350 g/mol. The number of ether oxygens (including phenoxy) is 2. The highest BCUT2D eigenvalue weighted by Crippen LogP contribution is 2.43. The van der Waals surface area contributed by atoms with E-state index in [1.165, 1.54) is 38.2 Å². The fourth-order valence-corrected chi connectivity index (χ4v) is 5.04. The predicted octanol–water partition coefficient (Wildman–Crippen LogP) is 5.27. The summed E-state index contributed by atoms with van der Waals surface area (Å²) in [5.41, 5.74) is 0. The van der Waals surface area contributed by atoms with Crippen molar-refractivity contribution in [2.45, 2.75) is 63.9 Å². The summed E-state index contributed by atoms with van der Waals surface area (Å²) in [6.07, 6.45) is 10.9. The number of carbonyl (C=O) groups excluding carboxylic acids is 1. The van der Waals surface area contributed by atoms with Gasteiger partial charge in [0.25, 0.3) is 0 Å². The van der Waals surface area contributed by atoms with Gasteiger partial charge in [-0.1, -0.05) is 12.8 Å². The number of halogens is 2. The molecule has 0 N–H and O–H groups in total. The average Bonchev–Trinajstić information content (AvgIpc) is 3.49. The van der Waals surface area contributed by atoms with Gasteiger partial charge in [-0.05, 0) is 74.8 Å². The third-order valence-corrected chi connectivity index (χ3v) is 6.77. The zero-order valence-electron chi connectivity index (χ0n) is 15.7. The van der Waals surface area contributed by atoms with Gasteiger partial charge in [-0.15, -0.1) is 0 Å². The van der Waals surface area contributed by atoms with E-state index < -0.39 is 11.6 Å². The van der Waals surface area contributed by atoms with Crippen molar-refractivity contribution in [2.24, 2.45) is 23.7 Å². The van der Waals surface area contributed by atoms with E-state index in [0.717, 1.165) is 62.2 Å². The largest absolute Gasteiger partial charge is 0.426 e. The molecule has 1 unspecified atom stereocenters. The second-order valence-corrected chi connectivity index (χ2v) is 8.58. The van der Waals surface area contributed by atoms with E-state index in [1.807, 2.05) is 0 Å².